The van der Waals surface area contributed by atoms with Gasteiger partial charge in [-0.1, -0.05) is 19.1 Å². The van der Waals surface area contributed by atoms with Crippen LogP contribution in [0.2, 0.25) is 0 Å². The van der Waals surface area contributed by atoms with E-state index in [9.17, 15) is 0 Å². The van der Waals surface area contributed by atoms with Crippen LogP contribution in [-0.4, -0.2) is 52.6 Å². The molecule has 0 N–H and O–H groups in total. The van der Waals surface area contributed by atoms with Crippen molar-refractivity contribution in [3.63, 3.8) is 0 Å². The summed E-state index contributed by atoms with van der Waals surface area (Å²) in [7, 11) is 0. The monoisotopic (exact) mass is 357 g/mol. The van der Waals surface area contributed by atoms with Crippen LogP contribution in [0.4, 0.5) is 5.95 Å². The van der Waals surface area contributed by atoms with E-state index in [0.717, 1.165) is 53.6 Å². The van der Waals surface area contributed by atoms with Crippen molar-refractivity contribution in [1.29, 1.82) is 0 Å². The Morgan fingerprint density at radius 2 is 1.92 bits per heavy atom. The summed E-state index contributed by atoms with van der Waals surface area (Å²) < 4.78 is 2.24. The van der Waals surface area contributed by atoms with Crippen molar-refractivity contribution < 1.29 is 0 Å². The van der Waals surface area contributed by atoms with Gasteiger partial charge in [0.15, 0.2) is 4.34 Å². The number of hydrogen-bond donors (Lipinski definition) is 0. The minimum Gasteiger partial charge on any atom is -0.338 e. The molecule has 0 atom stereocenters. The van der Waals surface area contributed by atoms with Gasteiger partial charge in [-0.15, -0.1) is 11.3 Å². The van der Waals surface area contributed by atoms with Crippen molar-refractivity contribution in [2.45, 2.75) is 16.3 Å². The Hall–Kier alpha value is -1.70. The first-order valence-electron chi connectivity index (χ1n) is 8.15. The minimum atomic E-state index is 0.830. The molecule has 3 heterocycles. The van der Waals surface area contributed by atoms with Crippen LogP contribution in [0, 0.1) is 0 Å². The van der Waals surface area contributed by atoms with Crippen LogP contribution in [0.3, 0.4) is 0 Å². The lowest BCUT2D eigenvalue weighted by Crippen LogP contribution is -2.46. The van der Waals surface area contributed by atoms with Gasteiger partial charge < -0.3 is 9.80 Å². The molecule has 0 amide bonds. The molecule has 124 valence electrons. The van der Waals surface area contributed by atoms with Crippen molar-refractivity contribution in [1.82, 2.24) is 19.9 Å². The Morgan fingerprint density at radius 3 is 2.71 bits per heavy atom. The van der Waals surface area contributed by atoms with E-state index in [4.69, 9.17) is 4.98 Å². The van der Waals surface area contributed by atoms with Crippen molar-refractivity contribution in [3.8, 4) is 0 Å². The zero-order valence-electron chi connectivity index (χ0n) is 13.6. The number of piperazine rings is 1. The van der Waals surface area contributed by atoms with Gasteiger partial charge in [-0.3, -0.25) is 0 Å². The van der Waals surface area contributed by atoms with E-state index >= 15 is 0 Å². The van der Waals surface area contributed by atoms with Crippen molar-refractivity contribution >= 4 is 39.3 Å². The Labute approximate surface area is 149 Å². The molecule has 5 nitrogen and oxygen atoms in total. The molecule has 4 rings (SSSR count). The summed E-state index contributed by atoms with van der Waals surface area (Å²) in [6.07, 6.45) is 1.85. The highest BCUT2D eigenvalue weighted by molar-refractivity contribution is 8.01. The van der Waals surface area contributed by atoms with E-state index < -0.39 is 0 Å². The first-order chi connectivity index (χ1) is 11.8. The van der Waals surface area contributed by atoms with Crippen LogP contribution in [0.5, 0.6) is 0 Å². The third kappa shape index (κ3) is 3.38. The molecule has 0 radical (unpaired) electrons. The summed E-state index contributed by atoms with van der Waals surface area (Å²) in [6.45, 7) is 7.46. The Bertz CT molecular complexity index is 793. The molecule has 1 fully saturated rings. The van der Waals surface area contributed by atoms with Crippen LogP contribution in [0.25, 0.3) is 10.2 Å². The molecule has 1 aliphatic heterocycles. The molecule has 0 saturated carbocycles. The van der Waals surface area contributed by atoms with Gasteiger partial charge in [0.2, 0.25) is 5.95 Å². The van der Waals surface area contributed by atoms with E-state index in [1.54, 1.807) is 23.1 Å². The highest BCUT2D eigenvalue weighted by atomic mass is 32.2. The largest absolute Gasteiger partial charge is 0.338 e. The van der Waals surface area contributed by atoms with E-state index in [2.05, 4.69) is 38.8 Å². The molecule has 1 saturated heterocycles. The van der Waals surface area contributed by atoms with E-state index in [-0.39, 0.29) is 0 Å². The van der Waals surface area contributed by atoms with Gasteiger partial charge in [0.05, 0.1) is 10.2 Å². The van der Waals surface area contributed by atoms with E-state index in [1.807, 2.05) is 24.4 Å². The number of aromatic nitrogens is 3. The Morgan fingerprint density at radius 1 is 1.08 bits per heavy atom. The van der Waals surface area contributed by atoms with Crippen molar-refractivity contribution in [2.24, 2.45) is 0 Å². The second-order valence-electron chi connectivity index (χ2n) is 5.67. The predicted octanol–water partition coefficient (Wildman–Crippen LogP) is 3.38. The topological polar surface area (TPSA) is 45.2 Å². The lowest BCUT2D eigenvalue weighted by molar-refractivity contribution is 0.269. The second kappa shape index (κ2) is 7.04. The van der Waals surface area contributed by atoms with Gasteiger partial charge in [0.25, 0.3) is 0 Å². The van der Waals surface area contributed by atoms with Gasteiger partial charge in [0, 0.05) is 32.4 Å². The standard InChI is InChI=1S/C17H19N5S2/c1-2-21-9-11-22(12-10-21)16-18-8-7-15(20-16)24-17-19-13-5-3-4-6-14(13)23-17/h3-8H,2,9-12H2,1H3. The maximum absolute atomic E-state index is 4.74. The fourth-order valence-electron chi connectivity index (χ4n) is 2.79. The lowest BCUT2D eigenvalue weighted by atomic mass is 10.3. The first-order valence-corrected chi connectivity index (χ1v) is 9.79. The number of nitrogens with zero attached hydrogens (tertiary/aromatic N) is 5. The van der Waals surface area contributed by atoms with Gasteiger partial charge >= 0.3 is 0 Å². The molecule has 3 aromatic rings. The fraction of sp³-hybridized carbons (Fsp3) is 0.353. The molecule has 24 heavy (non-hydrogen) atoms. The normalized spacial score (nSPS) is 16.0. The molecular formula is C17H19N5S2. The number of hydrogen-bond acceptors (Lipinski definition) is 7. The Balaban J connectivity index is 1.50. The number of rotatable bonds is 4. The van der Waals surface area contributed by atoms with E-state index in [0.29, 0.717) is 0 Å². The molecule has 0 unspecified atom stereocenters. The molecule has 0 aliphatic carbocycles. The third-order valence-electron chi connectivity index (χ3n) is 4.19. The zero-order chi connectivity index (χ0) is 16.4. The number of thiazole rings is 1. The second-order valence-corrected chi connectivity index (χ2v) is 7.96. The quantitative estimate of drug-likeness (QED) is 0.667. The van der Waals surface area contributed by atoms with Crippen LogP contribution in [-0.2, 0) is 0 Å². The number of fused-ring (bicyclic) bond motifs is 1. The van der Waals surface area contributed by atoms with Crippen LogP contribution < -0.4 is 4.90 Å². The maximum atomic E-state index is 4.74. The van der Waals surface area contributed by atoms with Crippen molar-refractivity contribution in [2.75, 3.05) is 37.6 Å². The van der Waals surface area contributed by atoms with Gasteiger partial charge in [-0.25, -0.2) is 15.0 Å². The average molecular weight is 358 g/mol. The highest BCUT2D eigenvalue weighted by Crippen LogP contribution is 2.33. The highest BCUT2D eigenvalue weighted by Gasteiger charge is 2.18. The minimum absolute atomic E-state index is 0.830. The van der Waals surface area contributed by atoms with Crippen LogP contribution in [0.1, 0.15) is 6.92 Å². The summed E-state index contributed by atoms with van der Waals surface area (Å²) in [5.41, 5.74) is 1.05. The fourth-order valence-corrected chi connectivity index (χ4v) is 4.76. The van der Waals surface area contributed by atoms with E-state index in [1.165, 1.54) is 4.70 Å². The third-order valence-corrected chi connectivity index (χ3v) is 6.22. The summed E-state index contributed by atoms with van der Waals surface area (Å²) in [6, 6.07) is 10.2. The van der Waals surface area contributed by atoms with Gasteiger partial charge in [-0.05, 0) is 36.5 Å². The van der Waals surface area contributed by atoms with Crippen LogP contribution in [0.15, 0.2) is 45.9 Å². The summed E-state index contributed by atoms with van der Waals surface area (Å²) >= 11 is 3.32. The number of benzene rings is 1. The maximum Gasteiger partial charge on any atom is 0.226 e. The SMILES string of the molecule is CCN1CCN(c2nccc(Sc3nc4ccccc4s3)n2)CC1. The Kier molecular flexibility index (Phi) is 4.64. The first kappa shape index (κ1) is 15.8. The molecule has 0 bridgehead atoms. The smallest absolute Gasteiger partial charge is 0.226 e. The zero-order valence-corrected chi connectivity index (χ0v) is 15.2. The van der Waals surface area contributed by atoms with Gasteiger partial charge in [0.1, 0.15) is 5.03 Å². The number of para-hydroxylation sites is 1. The van der Waals surface area contributed by atoms with Crippen molar-refractivity contribution in [3.05, 3.63) is 36.5 Å². The predicted molar refractivity (Wildman–Crippen MR) is 100 cm³/mol. The average Bonchev–Trinajstić information content (AvgIpc) is 3.04. The molecule has 1 aliphatic rings. The molecular weight excluding hydrogens is 338 g/mol. The number of likely N-dealkylation sites (N-methyl/N-ethyl adjacent to an activating group) is 1. The van der Waals surface area contributed by atoms with Crippen LogP contribution >= 0.6 is 23.1 Å². The summed E-state index contributed by atoms with van der Waals surface area (Å²) in [5, 5.41) is 0.956. The molecule has 0 spiro atoms. The van der Waals surface area contributed by atoms with Gasteiger partial charge in [-0.2, -0.15) is 0 Å². The molecule has 2 aromatic heterocycles. The lowest BCUT2D eigenvalue weighted by Gasteiger charge is -2.34. The summed E-state index contributed by atoms with van der Waals surface area (Å²) in [5.74, 6) is 0.830. The molecule has 7 heteroatoms. The number of anilines is 1. The molecule has 1 aromatic carbocycles. The summed E-state index contributed by atoms with van der Waals surface area (Å²) in [4.78, 5) is 18.6.